The van der Waals surface area contributed by atoms with E-state index >= 15 is 0 Å². The quantitative estimate of drug-likeness (QED) is 0.394. The van der Waals surface area contributed by atoms with Crippen LogP contribution in [-0.4, -0.2) is 51.8 Å². The first-order chi connectivity index (χ1) is 12.1. The summed E-state index contributed by atoms with van der Waals surface area (Å²) in [5, 5.41) is 11.0. The predicted octanol–water partition coefficient (Wildman–Crippen LogP) is 1.75. The fraction of sp³-hybridized carbons (Fsp3) is 0.294. The molecule has 130 valence electrons. The molecule has 1 aliphatic rings. The molecule has 1 aliphatic heterocycles. The van der Waals surface area contributed by atoms with Gasteiger partial charge in [-0.25, -0.2) is 4.98 Å². The molecular weight excluding hydrogens is 320 g/mol. The maximum atomic E-state index is 11.0. The van der Waals surface area contributed by atoms with Gasteiger partial charge in [-0.2, -0.15) is 4.99 Å². The fourth-order valence-electron chi connectivity index (χ4n) is 2.77. The number of nitro groups is 1. The molecule has 8 heteroatoms. The predicted molar refractivity (Wildman–Crippen MR) is 95.5 cm³/mol. The molecule has 0 saturated carbocycles. The Labute approximate surface area is 145 Å². The van der Waals surface area contributed by atoms with Gasteiger partial charge in [-0.15, -0.1) is 0 Å². The molecule has 3 rings (SSSR count). The zero-order valence-electron chi connectivity index (χ0n) is 13.8. The third-order valence-electron chi connectivity index (χ3n) is 4.13. The maximum absolute atomic E-state index is 11.0. The Kier molecular flexibility index (Phi) is 5.20. The monoisotopic (exact) mass is 340 g/mol. The van der Waals surface area contributed by atoms with E-state index in [-0.39, 0.29) is 17.5 Å². The first kappa shape index (κ1) is 16.8. The maximum Gasteiger partial charge on any atom is 0.313 e. The summed E-state index contributed by atoms with van der Waals surface area (Å²) in [7, 11) is 0. The highest BCUT2D eigenvalue weighted by molar-refractivity contribution is 5.81. The minimum Gasteiger partial charge on any atom is -0.369 e. The van der Waals surface area contributed by atoms with Gasteiger partial charge in [-0.3, -0.25) is 15.0 Å². The lowest BCUT2D eigenvalue weighted by Gasteiger charge is -2.35. The lowest BCUT2D eigenvalue weighted by molar-refractivity contribution is -0.384. The van der Waals surface area contributed by atoms with Gasteiger partial charge in [-0.05, 0) is 11.6 Å². The van der Waals surface area contributed by atoms with Crippen molar-refractivity contribution in [3.8, 4) is 0 Å². The summed E-state index contributed by atoms with van der Waals surface area (Å²) >= 11 is 0. The summed E-state index contributed by atoms with van der Waals surface area (Å²) in [6.45, 7) is 4.06. The highest BCUT2D eigenvalue weighted by Gasteiger charge is 2.20. The summed E-state index contributed by atoms with van der Waals surface area (Å²) in [5.74, 6) is 0.304. The van der Waals surface area contributed by atoms with Crippen molar-refractivity contribution in [2.75, 3.05) is 26.2 Å². The molecule has 8 nitrogen and oxygen atoms in total. The molecule has 0 atom stereocenters. The summed E-state index contributed by atoms with van der Waals surface area (Å²) in [6.07, 6.45) is 1.47. The van der Waals surface area contributed by atoms with E-state index in [2.05, 4.69) is 27.0 Å². The van der Waals surface area contributed by atoms with E-state index in [0.717, 1.165) is 32.7 Å². The largest absolute Gasteiger partial charge is 0.369 e. The van der Waals surface area contributed by atoms with Crippen LogP contribution in [-0.2, 0) is 6.54 Å². The summed E-state index contributed by atoms with van der Waals surface area (Å²) in [6, 6.07) is 13.2. The first-order valence-electron chi connectivity index (χ1n) is 8.08. The second-order valence-electron chi connectivity index (χ2n) is 5.82. The van der Waals surface area contributed by atoms with Crippen LogP contribution >= 0.6 is 0 Å². The third kappa shape index (κ3) is 4.30. The van der Waals surface area contributed by atoms with Gasteiger partial charge in [0.15, 0.2) is 5.96 Å². The third-order valence-corrected chi connectivity index (χ3v) is 4.13. The van der Waals surface area contributed by atoms with Crippen molar-refractivity contribution in [1.29, 1.82) is 0 Å². The normalized spacial score (nSPS) is 16.0. The molecule has 25 heavy (non-hydrogen) atoms. The molecule has 0 unspecified atom stereocenters. The van der Waals surface area contributed by atoms with E-state index in [1.165, 1.54) is 23.9 Å². The van der Waals surface area contributed by atoms with E-state index in [1.54, 1.807) is 0 Å². The highest BCUT2D eigenvalue weighted by atomic mass is 16.6. The number of rotatable bonds is 4. The van der Waals surface area contributed by atoms with E-state index in [0.29, 0.717) is 0 Å². The Bertz CT molecular complexity index is 757. The van der Waals surface area contributed by atoms with Crippen molar-refractivity contribution >= 4 is 17.5 Å². The zero-order chi connectivity index (χ0) is 17.6. The number of aliphatic imine (C=N–C) groups is 1. The van der Waals surface area contributed by atoms with Gasteiger partial charge in [0.05, 0.1) is 4.92 Å². The fourth-order valence-corrected chi connectivity index (χ4v) is 2.77. The molecule has 2 heterocycles. The molecule has 0 spiro atoms. The van der Waals surface area contributed by atoms with Gasteiger partial charge in [0, 0.05) is 45.0 Å². The lowest BCUT2D eigenvalue weighted by atomic mass is 10.2. The second kappa shape index (κ2) is 7.71. The smallest absolute Gasteiger partial charge is 0.313 e. The Morgan fingerprint density at radius 1 is 1.16 bits per heavy atom. The van der Waals surface area contributed by atoms with Crippen LogP contribution in [0.1, 0.15) is 5.56 Å². The van der Waals surface area contributed by atoms with E-state index in [1.807, 2.05) is 23.1 Å². The van der Waals surface area contributed by atoms with Gasteiger partial charge in [0.1, 0.15) is 0 Å². The van der Waals surface area contributed by atoms with E-state index in [4.69, 9.17) is 5.73 Å². The highest BCUT2D eigenvalue weighted by Crippen LogP contribution is 2.23. The number of pyridine rings is 1. The minimum atomic E-state index is -0.503. The van der Waals surface area contributed by atoms with Crippen LogP contribution in [0.4, 0.5) is 11.5 Å². The topological polar surface area (TPSA) is 101 Å². The van der Waals surface area contributed by atoms with E-state index < -0.39 is 4.92 Å². The van der Waals surface area contributed by atoms with Gasteiger partial charge in [-0.1, -0.05) is 30.3 Å². The van der Waals surface area contributed by atoms with E-state index in [9.17, 15) is 10.1 Å². The van der Waals surface area contributed by atoms with Crippen LogP contribution in [0.5, 0.6) is 0 Å². The van der Waals surface area contributed by atoms with Crippen molar-refractivity contribution in [2.24, 2.45) is 10.7 Å². The van der Waals surface area contributed by atoms with Crippen molar-refractivity contribution in [1.82, 2.24) is 14.8 Å². The molecule has 0 radical (unpaired) electrons. The Morgan fingerprint density at radius 3 is 2.56 bits per heavy atom. The molecule has 1 saturated heterocycles. The summed E-state index contributed by atoms with van der Waals surface area (Å²) < 4.78 is 0. The number of piperazine rings is 1. The lowest BCUT2D eigenvalue weighted by Crippen LogP contribution is -2.50. The molecule has 0 amide bonds. The van der Waals surface area contributed by atoms with Crippen LogP contribution in [0, 0.1) is 10.1 Å². The summed E-state index contributed by atoms with van der Waals surface area (Å²) in [4.78, 5) is 22.9. The standard InChI is InChI=1S/C17H20N6O2/c18-17(20-16-15(23(24)25)7-4-8-19-16)22-11-9-21(10-12-22)13-14-5-2-1-3-6-14/h1-8H,9-13H2,(H2,18,19,20). The average Bonchev–Trinajstić information content (AvgIpc) is 2.63. The Hall–Kier alpha value is -3.00. The first-order valence-corrected chi connectivity index (χ1v) is 8.08. The SMILES string of the molecule is N/C(=N\c1ncccc1[N+](=O)[O-])N1CCN(Cc2ccccc2)CC1. The molecule has 0 bridgehead atoms. The minimum absolute atomic E-state index is 0.0386. The molecule has 1 aromatic carbocycles. The van der Waals surface area contributed by atoms with Crippen LogP contribution in [0.2, 0.25) is 0 Å². The molecule has 0 aliphatic carbocycles. The second-order valence-corrected chi connectivity index (χ2v) is 5.82. The number of hydrogen-bond acceptors (Lipinski definition) is 5. The van der Waals surface area contributed by atoms with Crippen molar-refractivity contribution in [3.05, 3.63) is 64.3 Å². The van der Waals surface area contributed by atoms with Crippen LogP contribution in [0.25, 0.3) is 0 Å². The molecular formula is C17H20N6O2. The summed E-state index contributed by atoms with van der Waals surface area (Å²) in [5.41, 5.74) is 7.18. The van der Waals surface area contributed by atoms with Crippen LogP contribution in [0.3, 0.4) is 0 Å². The zero-order valence-corrected chi connectivity index (χ0v) is 13.8. The van der Waals surface area contributed by atoms with Gasteiger partial charge in [0.25, 0.3) is 0 Å². The molecule has 1 aromatic heterocycles. The number of nitrogens with two attached hydrogens (primary N) is 1. The Balaban J connectivity index is 1.62. The molecule has 2 aromatic rings. The van der Waals surface area contributed by atoms with Crippen LogP contribution < -0.4 is 5.73 Å². The number of aromatic nitrogens is 1. The van der Waals surface area contributed by atoms with Crippen molar-refractivity contribution < 1.29 is 4.92 Å². The molecule has 2 N–H and O–H groups in total. The Morgan fingerprint density at radius 2 is 1.88 bits per heavy atom. The number of nitrogens with zero attached hydrogens (tertiary/aromatic N) is 5. The van der Waals surface area contributed by atoms with Crippen molar-refractivity contribution in [3.63, 3.8) is 0 Å². The number of guanidine groups is 1. The van der Waals surface area contributed by atoms with Gasteiger partial charge >= 0.3 is 5.69 Å². The molecule has 1 fully saturated rings. The number of hydrogen-bond donors (Lipinski definition) is 1. The van der Waals surface area contributed by atoms with Crippen molar-refractivity contribution in [2.45, 2.75) is 6.54 Å². The van der Waals surface area contributed by atoms with Crippen LogP contribution in [0.15, 0.2) is 53.7 Å². The number of benzene rings is 1. The van der Waals surface area contributed by atoms with Gasteiger partial charge < -0.3 is 10.6 Å². The average molecular weight is 340 g/mol. The van der Waals surface area contributed by atoms with Gasteiger partial charge in [0.2, 0.25) is 5.82 Å².